The normalized spacial score (nSPS) is 12.5. The fourth-order valence-corrected chi connectivity index (χ4v) is 4.52. The van der Waals surface area contributed by atoms with E-state index in [0.29, 0.717) is 42.0 Å². The summed E-state index contributed by atoms with van der Waals surface area (Å²) in [5.41, 5.74) is 3.94. The van der Waals surface area contributed by atoms with Crippen LogP contribution in [0.4, 0.5) is 5.69 Å². The number of nitrogens with zero attached hydrogens (tertiary/aromatic N) is 4. The Bertz CT molecular complexity index is 1310. The maximum atomic E-state index is 12.7. The molecule has 8 nitrogen and oxygen atoms in total. The zero-order chi connectivity index (χ0) is 23.5. The van der Waals surface area contributed by atoms with Crippen LogP contribution in [0.25, 0.3) is 5.69 Å². The van der Waals surface area contributed by atoms with Gasteiger partial charge in [-0.1, -0.05) is 29.5 Å². The minimum absolute atomic E-state index is 0.135. The molecule has 2 aromatic heterocycles. The molecule has 0 aliphatic carbocycles. The number of rotatable bonds is 7. The Labute approximate surface area is 201 Å². The summed E-state index contributed by atoms with van der Waals surface area (Å²) >= 11 is 1.35. The molecule has 0 bridgehead atoms. The third-order valence-electron chi connectivity index (χ3n) is 5.54. The van der Waals surface area contributed by atoms with E-state index in [2.05, 4.69) is 45.2 Å². The number of carbonyl (C=O) groups excluding carboxylic acids is 1. The van der Waals surface area contributed by atoms with Crippen molar-refractivity contribution in [3.63, 3.8) is 0 Å². The first-order chi connectivity index (χ1) is 16.6. The average molecular weight is 476 g/mol. The van der Waals surface area contributed by atoms with Crippen LogP contribution in [0.5, 0.6) is 11.5 Å². The SMILES string of the molecule is Cc1ccc(-n2c(Cc3cccn3C)nnc2SCC(=O)Nc2ccc3c(c2)OCCO3)cc1. The number of thioether (sulfide) groups is 1. The Morgan fingerprint density at radius 3 is 2.62 bits per heavy atom. The van der Waals surface area contributed by atoms with Gasteiger partial charge in [0.25, 0.3) is 0 Å². The number of carbonyl (C=O) groups is 1. The van der Waals surface area contributed by atoms with Gasteiger partial charge < -0.3 is 19.4 Å². The molecule has 0 fully saturated rings. The predicted molar refractivity (Wildman–Crippen MR) is 131 cm³/mol. The fourth-order valence-electron chi connectivity index (χ4n) is 3.75. The summed E-state index contributed by atoms with van der Waals surface area (Å²) in [7, 11) is 2.01. The van der Waals surface area contributed by atoms with E-state index >= 15 is 0 Å². The van der Waals surface area contributed by atoms with Crippen molar-refractivity contribution in [3.8, 4) is 17.2 Å². The largest absolute Gasteiger partial charge is 0.486 e. The first kappa shape index (κ1) is 22.1. The molecule has 1 aliphatic heterocycles. The highest BCUT2D eigenvalue weighted by atomic mass is 32.2. The van der Waals surface area contributed by atoms with Crippen LogP contribution in [0.1, 0.15) is 17.1 Å². The van der Waals surface area contributed by atoms with Gasteiger partial charge in [0.15, 0.2) is 16.7 Å². The lowest BCUT2D eigenvalue weighted by Gasteiger charge is -2.19. The van der Waals surface area contributed by atoms with Gasteiger partial charge in [-0.3, -0.25) is 9.36 Å². The van der Waals surface area contributed by atoms with Crippen molar-refractivity contribution in [2.45, 2.75) is 18.5 Å². The van der Waals surface area contributed by atoms with Gasteiger partial charge in [-0.05, 0) is 43.3 Å². The molecule has 1 aliphatic rings. The van der Waals surface area contributed by atoms with Gasteiger partial charge in [-0.15, -0.1) is 10.2 Å². The number of nitrogens with one attached hydrogen (secondary N) is 1. The molecular formula is C25H25N5O3S. The first-order valence-electron chi connectivity index (χ1n) is 11.0. The van der Waals surface area contributed by atoms with E-state index in [4.69, 9.17) is 9.47 Å². The maximum absolute atomic E-state index is 12.7. The molecule has 0 radical (unpaired) electrons. The van der Waals surface area contributed by atoms with Crippen molar-refractivity contribution < 1.29 is 14.3 Å². The second kappa shape index (κ2) is 9.64. The highest BCUT2D eigenvalue weighted by Gasteiger charge is 2.18. The second-order valence-electron chi connectivity index (χ2n) is 8.05. The Morgan fingerprint density at radius 1 is 1.06 bits per heavy atom. The summed E-state index contributed by atoms with van der Waals surface area (Å²) in [4.78, 5) is 12.7. The molecule has 3 heterocycles. The van der Waals surface area contributed by atoms with Gasteiger partial charge in [0, 0.05) is 42.8 Å². The molecule has 4 aromatic rings. The summed E-state index contributed by atoms with van der Waals surface area (Å²) in [5, 5.41) is 12.5. The molecule has 0 saturated heterocycles. The zero-order valence-electron chi connectivity index (χ0n) is 19.0. The highest BCUT2D eigenvalue weighted by Crippen LogP contribution is 2.32. The molecule has 0 unspecified atom stereocenters. The molecule has 9 heteroatoms. The second-order valence-corrected chi connectivity index (χ2v) is 8.99. The van der Waals surface area contributed by atoms with Crippen molar-refractivity contribution in [1.82, 2.24) is 19.3 Å². The van der Waals surface area contributed by atoms with Crippen molar-refractivity contribution in [2.75, 3.05) is 24.3 Å². The molecule has 2 aromatic carbocycles. The average Bonchev–Trinajstić information content (AvgIpc) is 3.44. The number of ether oxygens (including phenoxy) is 2. The number of anilines is 1. The Hall–Kier alpha value is -3.72. The van der Waals surface area contributed by atoms with E-state index in [9.17, 15) is 4.79 Å². The van der Waals surface area contributed by atoms with Crippen LogP contribution < -0.4 is 14.8 Å². The van der Waals surface area contributed by atoms with Crippen LogP contribution in [-0.2, 0) is 18.3 Å². The first-order valence-corrected chi connectivity index (χ1v) is 12.0. The Morgan fingerprint density at radius 2 is 1.85 bits per heavy atom. The van der Waals surface area contributed by atoms with E-state index in [1.807, 2.05) is 42.1 Å². The highest BCUT2D eigenvalue weighted by molar-refractivity contribution is 7.99. The van der Waals surface area contributed by atoms with Crippen molar-refractivity contribution in [3.05, 3.63) is 77.9 Å². The third-order valence-corrected chi connectivity index (χ3v) is 6.47. The van der Waals surface area contributed by atoms with E-state index < -0.39 is 0 Å². The fraction of sp³-hybridized carbons (Fsp3) is 0.240. The van der Waals surface area contributed by atoms with Gasteiger partial charge in [0.05, 0.1) is 5.75 Å². The summed E-state index contributed by atoms with van der Waals surface area (Å²) < 4.78 is 15.2. The zero-order valence-corrected chi connectivity index (χ0v) is 19.8. The molecule has 0 spiro atoms. The van der Waals surface area contributed by atoms with Crippen LogP contribution in [0.15, 0.2) is 66.0 Å². The maximum Gasteiger partial charge on any atom is 0.234 e. The lowest BCUT2D eigenvalue weighted by molar-refractivity contribution is -0.113. The topological polar surface area (TPSA) is 83.2 Å². The quantitative estimate of drug-likeness (QED) is 0.407. The number of benzene rings is 2. The van der Waals surface area contributed by atoms with Crippen LogP contribution in [0.2, 0.25) is 0 Å². The monoisotopic (exact) mass is 475 g/mol. The van der Waals surface area contributed by atoms with E-state index in [0.717, 1.165) is 17.2 Å². The Balaban J connectivity index is 1.33. The standard InChI is InChI=1S/C25H25N5O3S/c1-17-5-8-19(9-6-17)30-23(15-20-4-3-11-29(20)2)27-28-25(30)34-16-24(31)26-18-7-10-21-22(14-18)33-13-12-32-21/h3-11,14H,12-13,15-16H2,1-2H3,(H,26,31). The van der Waals surface area contributed by atoms with Crippen molar-refractivity contribution in [2.24, 2.45) is 7.05 Å². The van der Waals surface area contributed by atoms with Gasteiger partial charge in [0.2, 0.25) is 5.91 Å². The molecular weight excluding hydrogens is 450 g/mol. The van der Waals surface area contributed by atoms with E-state index in [-0.39, 0.29) is 11.7 Å². The minimum atomic E-state index is -0.135. The van der Waals surface area contributed by atoms with Crippen molar-refractivity contribution in [1.29, 1.82) is 0 Å². The number of hydrogen-bond acceptors (Lipinski definition) is 6. The smallest absolute Gasteiger partial charge is 0.234 e. The van der Waals surface area contributed by atoms with Crippen LogP contribution in [-0.4, -0.2) is 44.2 Å². The molecule has 1 amide bonds. The van der Waals surface area contributed by atoms with Crippen LogP contribution >= 0.6 is 11.8 Å². The summed E-state index contributed by atoms with van der Waals surface area (Å²) in [5.74, 6) is 2.21. The third kappa shape index (κ3) is 4.79. The molecule has 0 saturated carbocycles. The van der Waals surface area contributed by atoms with Crippen LogP contribution in [0, 0.1) is 6.92 Å². The summed E-state index contributed by atoms with van der Waals surface area (Å²) in [6.45, 7) is 3.09. The molecule has 5 rings (SSSR count). The van der Waals surface area contributed by atoms with Crippen molar-refractivity contribution >= 4 is 23.4 Å². The minimum Gasteiger partial charge on any atom is -0.486 e. The van der Waals surface area contributed by atoms with Crippen LogP contribution in [0.3, 0.4) is 0 Å². The van der Waals surface area contributed by atoms with Gasteiger partial charge >= 0.3 is 0 Å². The number of hydrogen-bond donors (Lipinski definition) is 1. The molecule has 174 valence electrons. The predicted octanol–water partition coefficient (Wildman–Crippen LogP) is 4.01. The summed E-state index contributed by atoms with van der Waals surface area (Å²) in [6.07, 6.45) is 2.65. The van der Waals surface area contributed by atoms with E-state index in [1.54, 1.807) is 12.1 Å². The Kier molecular flexibility index (Phi) is 6.27. The lowest BCUT2D eigenvalue weighted by atomic mass is 10.2. The molecule has 0 atom stereocenters. The molecule has 1 N–H and O–H groups in total. The summed E-state index contributed by atoms with van der Waals surface area (Å²) in [6, 6.07) is 17.7. The molecule has 34 heavy (non-hydrogen) atoms. The van der Waals surface area contributed by atoms with Gasteiger partial charge in [-0.2, -0.15) is 0 Å². The number of aromatic nitrogens is 4. The van der Waals surface area contributed by atoms with Gasteiger partial charge in [0.1, 0.15) is 19.0 Å². The number of aryl methyl sites for hydroxylation is 2. The van der Waals surface area contributed by atoms with Gasteiger partial charge in [-0.25, -0.2) is 0 Å². The lowest BCUT2D eigenvalue weighted by Crippen LogP contribution is -2.17. The van der Waals surface area contributed by atoms with E-state index in [1.165, 1.54) is 17.3 Å². The number of fused-ring (bicyclic) bond motifs is 1. The number of amides is 1.